The molecule has 2 N–H and O–H groups in total. The number of morpholine rings is 1. The molecule has 126 valence electrons. The molecular weight excluding hydrogens is 328 g/mol. The topological polar surface area (TPSA) is 81.3 Å². The molecule has 0 unspecified atom stereocenters. The van der Waals surface area contributed by atoms with Gasteiger partial charge in [-0.1, -0.05) is 24.6 Å². The molecule has 0 bridgehead atoms. The number of rotatable bonds is 3. The van der Waals surface area contributed by atoms with Crippen LogP contribution in [-0.2, 0) is 11.2 Å². The zero-order valence-corrected chi connectivity index (χ0v) is 14.2. The second kappa shape index (κ2) is 7.15. The van der Waals surface area contributed by atoms with Gasteiger partial charge in [0.25, 0.3) is 5.91 Å². The van der Waals surface area contributed by atoms with Gasteiger partial charge in [-0.25, -0.2) is 9.97 Å². The minimum absolute atomic E-state index is 0.0775. The van der Waals surface area contributed by atoms with Crippen LogP contribution in [0.1, 0.15) is 23.0 Å². The van der Waals surface area contributed by atoms with Gasteiger partial charge in [-0.2, -0.15) is 0 Å². The van der Waals surface area contributed by atoms with Crippen LogP contribution in [-0.4, -0.2) is 47.1 Å². The van der Waals surface area contributed by atoms with Gasteiger partial charge in [0.15, 0.2) is 0 Å². The summed E-state index contributed by atoms with van der Waals surface area (Å²) in [4.78, 5) is 22.7. The maximum atomic E-state index is 12.6. The fourth-order valence-corrected chi connectivity index (χ4v) is 2.89. The van der Waals surface area contributed by atoms with Gasteiger partial charge in [-0.05, 0) is 24.6 Å². The van der Waals surface area contributed by atoms with Gasteiger partial charge in [-0.3, -0.25) is 4.79 Å². The molecule has 6 nitrogen and oxygen atoms in total. The van der Waals surface area contributed by atoms with Gasteiger partial charge in [0, 0.05) is 24.3 Å². The smallest absolute Gasteiger partial charge is 0.255 e. The van der Waals surface area contributed by atoms with Crippen molar-refractivity contribution in [2.75, 3.05) is 32.0 Å². The van der Waals surface area contributed by atoms with E-state index in [0.29, 0.717) is 42.6 Å². The van der Waals surface area contributed by atoms with Crippen molar-refractivity contribution in [2.24, 2.45) is 0 Å². The summed E-state index contributed by atoms with van der Waals surface area (Å²) in [5.74, 6) is 0.153. The first-order chi connectivity index (χ1) is 11.6. The monoisotopic (exact) mass is 346 g/mol. The molecule has 1 fully saturated rings. The first kappa shape index (κ1) is 16.7. The molecule has 1 amide bonds. The number of hydrogen-bond acceptors (Lipinski definition) is 5. The van der Waals surface area contributed by atoms with Gasteiger partial charge in [0.05, 0.1) is 29.5 Å². The van der Waals surface area contributed by atoms with Crippen LogP contribution >= 0.6 is 11.6 Å². The zero-order valence-electron chi connectivity index (χ0n) is 13.5. The van der Waals surface area contributed by atoms with Crippen LogP contribution in [0.4, 0.5) is 5.95 Å². The van der Waals surface area contributed by atoms with Crippen LogP contribution in [0, 0.1) is 0 Å². The molecule has 2 aromatic rings. The van der Waals surface area contributed by atoms with E-state index in [1.807, 2.05) is 19.1 Å². The van der Waals surface area contributed by atoms with Crippen molar-refractivity contribution in [3.05, 3.63) is 40.5 Å². The molecular formula is C17H19ClN4O2. The molecule has 0 aliphatic carbocycles. The fraction of sp³-hybridized carbons (Fsp3) is 0.353. The molecule has 3 rings (SSSR count). The van der Waals surface area contributed by atoms with Gasteiger partial charge < -0.3 is 15.4 Å². The maximum absolute atomic E-state index is 12.6. The predicted molar refractivity (Wildman–Crippen MR) is 93.0 cm³/mol. The number of hydrogen-bond donors (Lipinski definition) is 1. The number of carbonyl (C=O) groups excluding carboxylic acids is 1. The number of amides is 1. The Bertz CT molecular complexity index is 760. The average Bonchev–Trinajstić information content (AvgIpc) is 2.61. The highest BCUT2D eigenvalue weighted by Gasteiger charge is 2.21. The lowest BCUT2D eigenvalue weighted by molar-refractivity contribution is 0.0303. The minimum Gasteiger partial charge on any atom is -0.378 e. The van der Waals surface area contributed by atoms with Crippen LogP contribution in [0.3, 0.4) is 0 Å². The number of anilines is 1. The number of halogens is 1. The molecule has 1 aromatic heterocycles. The number of nitrogen functional groups attached to an aromatic ring is 1. The van der Waals surface area contributed by atoms with Crippen LogP contribution in [0.15, 0.2) is 24.3 Å². The number of ether oxygens (including phenoxy) is 1. The standard InChI is InChI=1S/C17H19ClN4O2/c1-2-12-10-15(21-17(19)20-12)11-3-4-13(14(18)9-11)16(23)22-5-7-24-8-6-22/h3-4,9-10H,2,5-8H2,1H3,(H2,19,20,21). The Labute approximate surface area is 145 Å². The number of aryl methyl sites for hydroxylation is 1. The summed E-state index contributed by atoms with van der Waals surface area (Å²) in [7, 11) is 0. The van der Waals surface area contributed by atoms with E-state index in [-0.39, 0.29) is 11.9 Å². The Morgan fingerprint density at radius 1 is 1.29 bits per heavy atom. The van der Waals surface area contributed by atoms with Gasteiger partial charge >= 0.3 is 0 Å². The number of nitrogens with zero attached hydrogens (tertiary/aromatic N) is 3. The van der Waals surface area contributed by atoms with Crippen LogP contribution in [0.2, 0.25) is 5.02 Å². The third-order valence-corrected chi connectivity index (χ3v) is 4.26. The van der Waals surface area contributed by atoms with Gasteiger partial charge in [0.1, 0.15) is 0 Å². The Kier molecular flexibility index (Phi) is 4.97. The third kappa shape index (κ3) is 3.49. The Morgan fingerprint density at radius 2 is 2.04 bits per heavy atom. The third-order valence-electron chi connectivity index (χ3n) is 3.95. The normalized spacial score (nSPS) is 14.7. The molecule has 0 atom stereocenters. The number of aromatic nitrogens is 2. The first-order valence-corrected chi connectivity index (χ1v) is 8.26. The van der Waals surface area contributed by atoms with E-state index in [4.69, 9.17) is 22.1 Å². The second-order valence-corrected chi connectivity index (χ2v) is 5.96. The Balaban J connectivity index is 1.89. The van der Waals surface area contributed by atoms with E-state index in [1.165, 1.54) is 0 Å². The highest BCUT2D eigenvalue weighted by Crippen LogP contribution is 2.26. The summed E-state index contributed by atoms with van der Waals surface area (Å²) in [6.45, 7) is 4.28. The number of benzene rings is 1. The molecule has 0 radical (unpaired) electrons. The van der Waals surface area contributed by atoms with E-state index in [9.17, 15) is 4.79 Å². The molecule has 1 aliphatic rings. The minimum atomic E-state index is -0.0775. The summed E-state index contributed by atoms with van der Waals surface area (Å²) in [5, 5.41) is 0.402. The lowest BCUT2D eigenvalue weighted by Gasteiger charge is -2.27. The Hall–Kier alpha value is -2.18. The van der Waals surface area contributed by atoms with E-state index in [1.54, 1.807) is 17.0 Å². The van der Waals surface area contributed by atoms with Crippen LogP contribution in [0.5, 0.6) is 0 Å². The molecule has 0 spiro atoms. The highest BCUT2D eigenvalue weighted by atomic mass is 35.5. The molecule has 0 saturated carbocycles. The average molecular weight is 347 g/mol. The SMILES string of the molecule is CCc1cc(-c2ccc(C(=O)N3CCOCC3)c(Cl)c2)nc(N)n1. The van der Waals surface area contributed by atoms with Crippen molar-refractivity contribution >= 4 is 23.5 Å². The number of nitrogens with two attached hydrogens (primary N) is 1. The Morgan fingerprint density at radius 3 is 2.71 bits per heavy atom. The maximum Gasteiger partial charge on any atom is 0.255 e. The van der Waals surface area contributed by atoms with Crippen molar-refractivity contribution in [2.45, 2.75) is 13.3 Å². The summed E-state index contributed by atoms with van der Waals surface area (Å²) in [6.07, 6.45) is 0.765. The largest absolute Gasteiger partial charge is 0.378 e. The lowest BCUT2D eigenvalue weighted by atomic mass is 10.1. The van der Waals surface area contributed by atoms with Crippen molar-refractivity contribution < 1.29 is 9.53 Å². The van der Waals surface area contributed by atoms with Gasteiger partial charge in [0.2, 0.25) is 5.95 Å². The summed E-state index contributed by atoms with van der Waals surface area (Å²) < 4.78 is 5.27. The van der Waals surface area contributed by atoms with Crippen molar-refractivity contribution in [3.8, 4) is 11.3 Å². The summed E-state index contributed by atoms with van der Waals surface area (Å²) >= 11 is 6.35. The zero-order chi connectivity index (χ0) is 17.1. The van der Waals surface area contributed by atoms with Crippen molar-refractivity contribution in [1.29, 1.82) is 0 Å². The molecule has 1 aromatic carbocycles. The molecule has 24 heavy (non-hydrogen) atoms. The van der Waals surface area contributed by atoms with E-state index in [2.05, 4.69) is 9.97 Å². The second-order valence-electron chi connectivity index (χ2n) is 5.56. The number of carbonyl (C=O) groups is 1. The molecule has 7 heteroatoms. The van der Waals surface area contributed by atoms with Crippen molar-refractivity contribution in [1.82, 2.24) is 14.9 Å². The quantitative estimate of drug-likeness (QED) is 0.923. The van der Waals surface area contributed by atoms with E-state index >= 15 is 0 Å². The predicted octanol–water partition coefficient (Wildman–Crippen LogP) is 2.41. The summed E-state index contributed by atoms with van der Waals surface area (Å²) in [5.41, 5.74) is 8.62. The molecule has 1 aliphatic heterocycles. The fourth-order valence-electron chi connectivity index (χ4n) is 2.63. The van der Waals surface area contributed by atoms with E-state index in [0.717, 1.165) is 17.7 Å². The van der Waals surface area contributed by atoms with E-state index < -0.39 is 0 Å². The molecule has 2 heterocycles. The summed E-state index contributed by atoms with van der Waals surface area (Å²) in [6, 6.07) is 7.20. The highest BCUT2D eigenvalue weighted by molar-refractivity contribution is 6.34. The lowest BCUT2D eigenvalue weighted by Crippen LogP contribution is -2.40. The van der Waals surface area contributed by atoms with Gasteiger partial charge in [-0.15, -0.1) is 0 Å². The van der Waals surface area contributed by atoms with Crippen LogP contribution in [0.25, 0.3) is 11.3 Å². The van der Waals surface area contributed by atoms with Crippen LogP contribution < -0.4 is 5.73 Å². The van der Waals surface area contributed by atoms with Crippen molar-refractivity contribution in [3.63, 3.8) is 0 Å². The first-order valence-electron chi connectivity index (χ1n) is 7.89. The molecule has 1 saturated heterocycles.